The van der Waals surface area contributed by atoms with E-state index in [1.165, 1.54) is 6.39 Å². The second-order valence-electron chi connectivity index (χ2n) is 7.85. The third-order valence-electron chi connectivity index (χ3n) is 5.13. The number of rotatable bonds is 10. The summed E-state index contributed by atoms with van der Waals surface area (Å²) in [7, 11) is 0. The number of carbonyl (C=O) groups is 3. The molecule has 3 amide bonds. The van der Waals surface area contributed by atoms with Gasteiger partial charge in [0.1, 0.15) is 12.7 Å². The summed E-state index contributed by atoms with van der Waals surface area (Å²) < 4.78 is 15.5. The van der Waals surface area contributed by atoms with Gasteiger partial charge in [-0.3, -0.25) is 4.79 Å². The van der Waals surface area contributed by atoms with Gasteiger partial charge in [-0.2, -0.15) is 0 Å². The Morgan fingerprint density at radius 3 is 2.56 bits per heavy atom. The number of nitrogens with zero attached hydrogens (tertiary/aromatic N) is 1. The van der Waals surface area contributed by atoms with E-state index < -0.39 is 24.2 Å². The van der Waals surface area contributed by atoms with Crippen molar-refractivity contribution in [2.45, 2.75) is 32.9 Å². The van der Waals surface area contributed by atoms with E-state index >= 15 is 0 Å². The molecule has 0 fully saturated rings. The molecule has 36 heavy (non-hydrogen) atoms. The maximum atomic E-state index is 12.5. The molecule has 1 aromatic heterocycles. The molecule has 5 N–H and O–H groups in total. The number of oxazole rings is 1. The minimum absolute atomic E-state index is 0.0588. The van der Waals surface area contributed by atoms with E-state index in [4.69, 9.17) is 19.6 Å². The molecular weight excluding hydrogens is 466 g/mol. The molecule has 3 aromatic rings. The lowest BCUT2D eigenvalue weighted by atomic mass is 10.1. The van der Waals surface area contributed by atoms with Crippen LogP contribution in [0.4, 0.5) is 21.0 Å². The highest BCUT2D eigenvalue weighted by atomic mass is 16.6. The summed E-state index contributed by atoms with van der Waals surface area (Å²) in [4.78, 5) is 39.7. The summed E-state index contributed by atoms with van der Waals surface area (Å²) in [6, 6.07) is 12.1. The molecule has 3 rings (SSSR count). The fraction of sp³-hybridized carbons (Fsp3) is 0.280. The number of hydrogen-bond donors (Lipinski definition) is 4. The smallest absolute Gasteiger partial charge is 0.407 e. The van der Waals surface area contributed by atoms with Crippen molar-refractivity contribution in [1.29, 1.82) is 0 Å². The predicted octanol–water partition coefficient (Wildman–Crippen LogP) is 3.80. The van der Waals surface area contributed by atoms with Crippen molar-refractivity contribution in [2.75, 3.05) is 23.8 Å². The molecule has 0 saturated heterocycles. The van der Waals surface area contributed by atoms with Gasteiger partial charge in [-0.1, -0.05) is 19.1 Å². The van der Waals surface area contributed by atoms with E-state index in [9.17, 15) is 14.4 Å². The highest BCUT2D eigenvalue weighted by Gasteiger charge is 2.15. The predicted molar refractivity (Wildman–Crippen MR) is 133 cm³/mol. The van der Waals surface area contributed by atoms with Crippen molar-refractivity contribution < 1.29 is 28.3 Å². The summed E-state index contributed by atoms with van der Waals surface area (Å²) in [6.45, 7) is 3.60. The standard InChI is InChI=1S/C25H29N5O6/c1-3-20(14-34-23(31)11-26)36-25(33)28-12-17-5-4-6-18(10-17)29-24(32)30-19-7-8-21(16(2)9-19)22-13-27-15-35-22/h4-10,13,15,20H,3,11-12,14,26H2,1-2H3,(H,28,33)(H2,29,30,32)/t20-/m1/s1. The summed E-state index contributed by atoms with van der Waals surface area (Å²) in [5.74, 6) is 0.0856. The van der Waals surface area contributed by atoms with Gasteiger partial charge < -0.3 is 35.6 Å². The first-order valence-electron chi connectivity index (χ1n) is 11.3. The second-order valence-corrected chi connectivity index (χ2v) is 7.85. The van der Waals surface area contributed by atoms with Crippen molar-refractivity contribution >= 4 is 29.5 Å². The molecule has 11 nitrogen and oxygen atoms in total. The van der Waals surface area contributed by atoms with Crippen molar-refractivity contribution in [3.05, 3.63) is 66.2 Å². The number of aromatic nitrogens is 1. The SMILES string of the molecule is CC[C@H](COC(=O)CN)OC(=O)NCc1cccc(NC(=O)Nc2ccc(-c3cnco3)c(C)c2)c1. The van der Waals surface area contributed by atoms with Gasteiger partial charge in [-0.15, -0.1) is 0 Å². The molecule has 0 unspecified atom stereocenters. The lowest BCUT2D eigenvalue weighted by Gasteiger charge is -2.16. The van der Waals surface area contributed by atoms with E-state index in [1.54, 1.807) is 43.5 Å². The van der Waals surface area contributed by atoms with Crippen molar-refractivity contribution in [3.8, 4) is 11.3 Å². The van der Waals surface area contributed by atoms with Crippen LogP contribution in [-0.4, -0.2) is 42.3 Å². The summed E-state index contributed by atoms with van der Waals surface area (Å²) >= 11 is 0. The van der Waals surface area contributed by atoms with E-state index in [-0.39, 0.29) is 19.7 Å². The van der Waals surface area contributed by atoms with Crippen LogP contribution >= 0.6 is 0 Å². The highest BCUT2D eigenvalue weighted by molar-refractivity contribution is 6.00. The Balaban J connectivity index is 1.49. The van der Waals surface area contributed by atoms with Crippen LogP contribution < -0.4 is 21.7 Å². The Bertz CT molecular complexity index is 1180. The minimum Gasteiger partial charge on any atom is -0.461 e. The largest absolute Gasteiger partial charge is 0.461 e. The zero-order chi connectivity index (χ0) is 25.9. The van der Waals surface area contributed by atoms with Gasteiger partial charge in [-0.25, -0.2) is 14.6 Å². The number of anilines is 2. The van der Waals surface area contributed by atoms with Crippen LogP contribution in [0.1, 0.15) is 24.5 Å². The summed E-state index contributed by atoms with van der Waals surface area (Å²) in [5, 5.41) is 8.21. The highest BCUT2D eigenvalue weighted by Crippen LogP contribution is 2.25. The Labute approximate surface area is 208 Å². The Kier molecular flexibility index (Phi) is 9.40. The molecule has 0 spiro atoms. The zero-order valence-electron chi connectivity index (χ0n) is 20.1. The molecule has 0 radical (unpaired) electrons. The molecule has 2 aromatic carbocycles. The lowest BCUT2D eigenvalue weighted by molar-refractivity contribution is -0.144. The average Bonchev–Trinajstić information content (AvgIpc) is 3.40. The first kappa shape index (κ1) is 26.2. The van der Waals surface area contributed by atoms with Crippen LogP contribution in [0.3, 0.4) is 0 Å². The van der Waals surface area contributed by atoms with Gasteiger partial charge in [0.25, 0.3) is 0 Å². The topological polar surface area (TPSA) is 158 Å². The molecule has 0 aliphatic rings. The molecule has 1 atom stereocenters. The van der Waals surface area contributed by atoms with Gasteiger partial charge in [0.2, 0.25) is 0 Å². The fourth-order valence-electron chi connectivity index (χ4n) is 3.27. The quantitative estimate of drug-likeness (QED) is 0.309. The van der Waals surface area contributed by atoms with Gasteiger partial charge in [0, 0.05) is 23.5 Å². The van der Waals surface area contributed by atoms with Crippen molar-refractivity contribution in [2.24, 2.45) is 5.73 Å². The Morgan fingerprint density at radius 2 is 1.89 bits per heavy atom. The molecule has 0 aliphatic heterocycles. The van der Waals surface area contributed by atoms with Gasteiger partial charge in [-0.05, 0) is 54.8 Å². The number of ether oxygens (including phenoxy) is 2. The number of amides is 3. The maximum absolute atomic E-state index is 12.5. The van der Waals surface area contributed by atoms with E-state index in [2.05, 4.69) is 20.9 Å². The number of nitrogens with one attached hydrogen (secondary N) is 3. The normalized spacial score (nSPS) is 11.3. The Hall–Kier alpha value is -4.38. The first-order valence-corrected chi connectivity index (χ1v) is 11.3. The van der Waals surface area contributed by atoms with Crippen molar-refractivity contribution in [3.63, 3.8) is 0 Å². The fourth-order valence-corrected chi connectivity index (χ4v) is 3.27. The van der Waals surface area contributed by atoms with Gasteiger partial charge in [0.05, 0.1) is 12.7 Å². The molecule has 1 heterocycles. The minimum atomic E-state index is -0.647. The molecular formula is C25H29N5O6. The number of urea groups is 1. The van der Waals surface area contributed by atoms with Gasteiger partial charge >= 0.3 is 18.1 Å². The molecule has 0 bridgehead atoms. The monoisotopic (exact) mass is 495 g/mol. The van der Waals surface area contributed by atoms with Crippen LogP contribution in [-0.2, 0) is 20.8 Å². The average molecular weight is 496 g/mol. The first-order chi connectivity index (χ1) is 17.4. The number of esters is 1. The van der Waals surface area contributed by atoms with Crippen LogP contribution in [0.15, 0.2) is 59.5 Å². The molecule has 0 aliphatic carbocycles. The van der Waals surface area contributed by atoms with E-state index in [0.29, 0.717) is 23.6 Å². The van der Waals surface area contributed by atoms with Crippen LogP contribution in [0, 0.1) is 6.92 Å². The van der Waals surface area contributed by atoms with E-state index in [1.807, 2.05) is 19.1 Å². The number of benzene rings is 2. The van der Waals surface area contributed by atoms with Crippen LogP contribution in [0.25, 0.3) is 11.3 Å². The van der Waals surface area contributed by atoms with Crippen molar-refractivity contribution in [1.82, 2.24) is 10.3 Å². The van der Waals surface area contributed by atoms with E-state index in [0.717, 1.165) is 16.7 Å². The number of alkyl carbamates (subject to hydrolysis) is 1. The molecule has 0 saturated carbocycles. The number of carbonyl (C=O) groups excluding carboxylic acids is 3. The Morgan fingerprint density at radius 1 is 1.11 bits per heavy atom. The summed E-state index contributed by atoms with van der Waals surface area (Å²) in [6.07, 6.45) is 2.25. The number of hydrogen-bond acceptors (Lipinski definition) is 8. The summed E-state index contributed by atoms with van der Waals surface area (Å²) in [5.41, 5.74) is 8.93. The molecule has 11 heteroatoms. The number of aryl methyl sites for hydroxylation is 1. The maximum Gasteiger partial charge on any atom is 0.407 e. The van der Waals surface area contributed by atoms with Crippen LogP contribution in [0.2, 0.25) is 0 Å². The molecule has 190 valence electrons. The van der Waals surface area contributed by atoms with Crippen LogP contribution in [0.5, 0.6) is 0 Å². The zero-order valence-corrected chi connectivity index (χ0v) is 20.1. The third kappa shape index (κ3) is 7.84. The van der Waals surface area contributed by atoms with Gasteiger partial charge in [0.15, 0.2) is 12.2 Å². The lowest BCUT2D eigenvalue weighted by Crippen LogP contribution is -2.32. The third-order valence-corrected chi connectivity index (χ3v) is 5.13. The second kappa shape index (κ2) is 12.9. The number of nitrogens with two attached hydrogens (primary N) is 1.